The lowest BCUT2D eigenvalue weighted by Crippen LogP contribution is -2.16. The molecular formula is C24H24N4O5S. The zero-order chi connectivity index (χ0) is 24.3. The Kier molecular flexibility index (Phi) is 6.42. The fraction of sp³-hybridized carbons (Fsp3) is 0.167. The fourth-order valence-electron chi connectivity index (χ4n) is 3.42. The highest BCUT2D eigenvalue weighted by Crippen LogP contribution is 2.41. The lowest BCUT2D eigenvalue weighted by molar-refractivity contribution is 0.324. The predicted molar refractivity (Wildman–Crippen MR) is 131 cm³/mol. The van der Waals surface area contributed by atoms with Crippen molar-refractivity contribution < 1.29 is 22.6 Å². The highest BCUT2D eigenvalue weighted by Gasteiger charge is 2.20. The van der Waals surface area contributed by atoms with Gasteiger partial charge in [-0.25, -0.2) is 18.4 Å². The van der Waals surface area contributed by atoms with Crippen molar-refractivity contribution in [3.05, 3.63) is 66.2 Å². The standard InChI is InChI=1S/C24H24N4O5S/c1-15-8-7-9-17(12-15)34(29,30)28-24-23(26-18-10-5-6-11-19(18)27-24)25-16-13-20(31-2)22(33-4)21(14-16)32-3/h5-14H,1-4H3,(H,25,26)(H,27,28). The van der Waals surface area contributed by atoms with E-state index >= 15 is 0 Å². The summed E-state index contributed by atoms with van der Waals surface area (Å²) in [4.78, 5) is 9.25. The van der Waals surface area contributed by atoms with Crippen molar-refractivity contribution in [1.29, 1.82) is 0 Å². The van der Waals surface area contributed by atoms with Crippen LogP contribution in [0.5, 0.6) is 17.2 Å². The Labute approximate surface area is 197 Å². The highest BCUT2D eigenvalue weighted by molar-refractivity contribution is 7.92. The molecule has 0 atom stereocenters. The number of hydrogen-bond donors (Lipinski definition) is 2. The van der Waals surface area contributed by atoms with Crippen LogP contribution >= 0.6 is 0 Å². The zero-order valence-electron chi connectivity index (χ0n) is 19.1. The number of methoxy groups -OCH3 is 3. The topological polar surface area (TPSA) is 112 Å². The number of para-hydroxylation sites is 2. The molecular weight excluding hydrogens is 456 g/mol. The number of ether oxygens (including phenoxy) is 3. The van der Waals surface area contributed by atoms with Gasteiger partial charge in [0.1, 0.15) is 0 Å². The maximum absolute atomic E-state index is 13.1. The van der Waals surface area contributed by atoms with Crippen LogP contribution in [-0.4, -0.2) is 39.7 Å². The molecule has 1 heterocycles. The highest BCUT2D eigenvalue weighted by atomic mass is 32.2. The first-order valence-corrected chi connectivity index (χ1v) is 11.8. The van der Waals surface area contributed by atoms with Gasteiger partial charge >= 0.3 is 0 Å². The van der Waals surface area contributed by atoms with Gasteiger partial charge in [0, 0.05) is 17.8 Å². The van der Waals surface area contributed by atoms with Crippen LogP contribution in [0.25, 0.3) is 11.0 Å². The summed E-state index contributed by atoms with van der Waals surface area (Å²) in [7, 11) is 0.621. The van der Waals surface area contributed by atoms with E-state index in [1.165, 1.54) is 27.4 Å². The minimum absolute atomic E-state index is 0.0500. The number of nitrogens with one attached hydrogen (secondary N) is 2. The van der Waals surface area contributed by atoms with Gasteiger partial charge in [0.15, 0.2) is 23.1 Å². The molecule has 2 N–H and O–H groups in total. The molecule has 9 nitrogen and oxygen atoms in total. The lowest BCUT2D eigenvalue weighted by Gasteiger charge is -2.17. The summed E-state index contributed by atoms with van der Waals surface area (Å²) in [5.41, 5.74) is 2.49. The minimum Gasteiger partial charge on any atom is -0.493 e. The molecule has 0 saturated heterocycles. The first-order chi connectivity index (χ1) is 16.3. The quantitative estimate of drug-likeness (QED) is 0.379. The number of benzene rings is 3. The third-order valence-corrected chi connectivity index (χ3v) is 6.37. The van der Waals surface area contributed by atoms with Crippen molar-refractivity contribution in [2.24, 2.45) is 0 Å². The van der Waals surface area contributed by atoms with Crippen LogP contribution in [0.15, 0.2) is 65.6 Å². The van der Waals surface area contributed by atoms with Gasteiger partial charge in [-0.05, 0) is 36.8 Å². The molecule has 34 heavy (non-hydrogen) atoms. The second-order valence-corrected chi connectivity index (χ2v) is 9.05. The molecule has 3 aromatic carbocycles. The van der Waals surface area contributed by atoms with E-state index in [0.717, 1.165) is 5.56 Å². The third-order valence-electron chi connectivity index (χ3n) is 5.03. The molecule has 0 saturated carbocycles. The molecule has 4 aromatic rings. The number of sulfonamides is 1. The fourth-order valence-corrected chi connectivity index (χ4v) is 4.53. The van der Waals surface area contributed by atoms with Gasteiger partial charge in [-0.3, -0.25) is 4.72 Å². The number of nitrogens with zero attached hydrogens (tertiary/aromatic N) is 2. The van der Waals surface area contributed by atoms with E-state index in [1.54, 1.807) is 36.4 Å². The molecule has 10 heteroatoms. The van der Waals surface area contributed by atoms with Crippen molar-refractivity contribution in [1.82, 2.24) is 9.97 Å². The molecule has 0 unspecified atom stereocenters. The number of hydrogen-bond acceptors (Lipinski definition) is 8. The van der Waals surface area contributed by atoms with Gasteiger partial charge in [0.05, 0.1) is 37.3 Å². The number of fused-ring (bicyclic) bond motifs is 1. The maximum Gasteiger partial charge on any atom is 0.263 e. The summed E-state index contributed by atoms with van der Waals surface area (Å²) >= 11 is 0. The summed E-state index contributed by atoms with van der Waals surface area (Å²) in [5, 5.41) is 3.13. The predicted octanol–water partition coefficient (Wildman–Crippen LogP) is 4.51. The molecule has 0 spiro atoms. The number of aryl methyl sites for hydroxylation is 1. The summed E-state index contributed by atoms with van der Waals surface area (Å²) in [6.45, 7) is 1.83. The Morgan fingerprint density at radius 3 is 1.94 bits per heavy atom. The number of rotatable bonds is 8. The van der Waals surface area contributed by atoms with Crippen LogP contribution in [0.3, 0.4) is 0 Å². The van der Waals surface area contributed by atoms with E-state index in [9.17, 15) is 8.42 Å². The second kappa shape index (κ2) is 9.44. The molecule has 0 aliphatic heterocycles. The Morgan fingerprint density at radius 1 is 0.765 bits per heavy atom. The normalized spacial score (nSPS) is 11.2. The summed E-state index contributed by atoms with van der Waals surface area (Å²) < 4.78 is 45.0. The van der Waals surface area contributed by atoms with Gasteiger partial charge < -0.3 is 19.5 Å². The molecule has 0 radical (unpaired) electrons. The van der Waals surface area contributed by atoms with Gasteiger partial charge in [-0.1, -0.05) is 24.3 Å². The van der Waals surface area contributed by atoms with Crippen LogP contribution in [0.1, 0.15) is 5.56 Å². The monoisotopic (exact) mass is 480 g/mol. The van der Waals surface area contributed by atoms with E-state index in [1.807, 2.05) is 25.1 Å². The molecule has 0 amide bonds. The van der Waals surface area contributed by atoms with Crippen LogP contribution < -0.4 is 24.2 Å². The van der Waals surface area contributed by atoms with Crippen LogP contribution in [0.4, 0.5) is 17.3 Å². The molecule has 0 fully saturated rings. The van der Waals surface area contributed by atoms with Crippen molar-refractivity contribution in [2.45, 2.75) is 11.8 Å². The SMILES string of the molecule is COc1cc(Nc2nc3ccccc3nc2NS(=O)(=O)c2cccc(C)c2)cc(OC)c1OC. The Bertz CT molecular complexity index is 1430. The van der Waals surface area contributed by atoms with Crippen molar-refractivity contribution in [3.63, 3.8) is 0 Å². The largest absolute Gasteiger partial charge is 0.493 e. The maximum atomic E-state index is 13.1. The van der Waals surface area contributed by atoms with Crippen molar-refractivity contribution in [2.75, 3.05) is 31.4 Å². The molecule has 1 aromatic heterocycles. The van der Waals surface area contributed by atoms with E-state index < -0.39 is 10.0 Å². The van der Waals surface area contributed by atoms with Gasteiger partial charge in [-0.15, -0.1) is 0 Å². The second-order valence-electron chi connectivity index (χ2n) is 7.37. The minimum atomic E-state index is -3.92. The van der Waals surface area contributed by atoms with Crippen molar-refractivity contribution >= 4 is 38.4 Å². The molecule has 176 valence electrons. The summed E-state index contributed by atoms with van der Waals surface area (Å²) in [5.74, 6) is 1.55. The van der Waals surface area contributed by atoms with E-state index in [2.05, 4.69) is 20.0 Å². The molecule has 0 bridgehead atoms. The average Bonchev–Trinajstić information content (AvgIpc) is 2.83. The third kappa shape index (κ3) is 4.67. The Hall–Kier alpha value is -4.05. The van der Waals surface area contributed by atoms with Gasteiger partial charge in [0.25, 0.3) is 10.0 Å². The van der Waals surface area contributed by atoms with E-state index in [-0.39, 0.29) is 16.5 Å². The van der Waals surface area contributed by atoms with Crippen molar-refractivity contribution in [3.8, 4) is 17.2 Å². The van der Waals surface area contributed by atoms with E-state index in [4.69, 9.17) is 14.2 Å². The number of anilines is 3. The number of aromatic nitrogens is 2. The molecule has 0 aliphatic rings. The first-order valence-electron chi connectivity index (χ1n) is 10.3. The average molecular weight is 481 g/mol. The van der Waals surface area contributed by atoms with Gasteiger partial charge in [0.2, 0.25) is 5.75 Å². The molecule has 4 rings (SSSR count). The Balaban J connectivity index is 1.81. The van der Waals surface area contributed by atoms with Crippen LogP contribution in [0.2, 0.25) is 0 Å². The zero-order valence-corrected chi connectivity index (χ0v) is 19.9. The Morgan fingerprint density at radius 2 is 1.38 bits per heavy atom. The lowest BCUT2D eigenvalue weighted by atomic mass is 10.2. The van der Waals surface area contributed by atoms with E-state index in [0.29, 0.717) is 34.0 Å². The summed E-state index contributed by atoms with van der Waals surface area (Å²) in [6.07, 6.45) is 0. The first kappa shape index (κ1) is 23.1. The smallest absolute Gasteiger partial charge is 0.263 e. The van der Waals surface area contributed by atoms with Crippen LogP contribution in [-0.2, 0) is 10.0 Å². The van der Waals surface area contributed by atoms with Gasteiger partial charge in [-0.2, -0.15) is 0 Å². The summed E-state index contributed by atoms with van der Waals surface area (Å²) in [6, 6.07) is 17.2. The van der Waals surface area contributed by atoms with Crippen LogP contribution in [0, 0.1) is 6.92 Å². The molecule has 0 aliphatic carbocycles.